The number of aryl methyl sites for hydroxylation is 2. The summed E-state index contributed by atoms with van der Waals surface area (Å²) in [5.41, 5.74) is 2.79. The zero-order valence-corrected chi connectivity index (χ0v) is 12.5. The molecule has 0 fully saturated rings. The van der Waals surface area contributed by atoms with Crippen molar-refractivity contribution < 1.29 is 4.79 Å². The summed E-state index contributed by atoms with van der Waals surface area (Å²) in [5.74, 6) is 0.0845. The molecular weight excluding hydrogens is 264 g/mol. The maximum atomic E-state index is 11.8. The van der Waals surface area contributed by atoms with Crippen LogP contribution in [0.2, 0.25) is 0 Å². The summed E-state index contributed by atoms with van der Waals surface area (Å²) >= 11 is 0. The molecule has 0 unspecified atom stereocenters. The number of carbonyl (C=O) groups is 1. The van der Waals surface area contributed by atoms with Crippen molar-refractivity contribution in [1.82, 2.24) is 10.2 Å². The number of rotatable bonds is 2. The fourth-order valence-corrected chi connectivity index (χ4v) is 1.52. The lowest BCUT2D eigenvalue weighted by Crippen LogP contribution is -2.43. The van der Waals surface area contributed by atoms with Crippen LogP contribution in [0.5, 0.6) is 0 Å². The van der Waals surface area contributed by atoms with Gasteiger partial charge in [-0.1, -0.05) is 18.2 Å². The van der Waals surface area contributed by atoms with Crippen molar-refractivity contribution in [3.8, 4) is 0 Å². The molecule has 0 saturated heterocycles. The van der Waals surface area contributed by atoms with Crippen molar-refractivity contribution in [2.24, 2.45) is 0 Å². The Morgan fingerprint density at radius 1 is 1.32 bits per heavy atom. The molecule has 0 atom stereocenters. The second kappa shape index (κ2) is 7.63. The van der Waals surface area contributed by atoms with Crippen LogP contribution in [-0.2, 0) is 0 Å². The molecule has 0 aliphatic heterocycles. The standard InChI is InChI=1S/C13H20N4O.ClH/c1-5-17(4)12(14)16-13(18)15-11-9(2)7-6-8-10(11)3;/h6-8H,5H2,1-4H3,(H3,14,15,16,18);1H. The number of hydrogen-bond donors (Lipinski definition) is 3. The topological polar surface area (TPSA) is 68.2 Å². The van der Waals surface area contributed by atoms with Gasteiger partial charge in [-0.2, -0.15) is 0 Å². The third kappa shape index (κ3) is 4.79. The Balaban J connectivity index is 0.00000324. The first-order chi connectivity index (χ1) is 8.45. The van der Waals surface area contributed by atoms with E-state index in [1.54, 1.807) is 11.9 Å². The minimum absolute atomic E-state index is 0. The fraction of sp³-hybridized carbons (Fsp3) is 0.385. The highest BCUT2D eigenvalue weighted by molar-refractivity contribution is 6.01. The lowest BCUT2D eigenvalue weighted by molar-refractivity contribution is 0.255. The molecule has 0 heterocycles. The van der Waals surface area contributed by atoms with Gasteiger partial charge in [-0.25, -0.2) is 4.79 Å². The predicted octanol–water partition coefficient (Wildman–Crippen LogP) is 2.73. The number of halogens is 1. The Morgan fingerprint density at radius 3 is 2.32 bits per heavy atom. The number of nitrogens with zero attached hydrogens (tertiary/aromatic N) is 1. The average molecular weight is 285 g/mol. The first-order valence-electron chi connectivity index (χ1n) is 5.89. The third-order valence-corrected chi connectivity index (χ3v) is 2.81. The molecule has 5 nitrogen and oxygen atoms in total. The molecule has 1 rings (SSSR count). The van der Waals surface area contributed by atoms with Crippen LogP contribution in [0.25, 0.3) is 0 Å². The molecule has 0 radical (unpaired) electrons. The van der Waals surface area contributed by atoms with Crippen LogP contribution in [0.15, 0.2) is 18.2 Å². The van der Waals surface area contributed by atoms with Crippen LogP contribution >= 0.6 is 12.4 Å². The van der Waals surface area contributed by atoms with Crippen LogP contribution in [0, 0.1) is 19.3 Å². The maximum absolute atomic E-state index is 11.8. The van der Waals surface area contributed by atoms with E-state index >= 15 is 0 Å². The van der Waals surface area contributed by atoms with Gasteiger partial charge in [0.05, 0.1) is 0 Å². The van der Waals surface area contributed by atoms with E-state index in [1.165, 1.54) is 0 Å². The van der Waals surface area contributed by atoms with Crippen LogP contribution in [0.3, 0.4) is 0 Å². The number of carbonyl (C=O) groups excluding carboxylic acids is 1. The van der Waals surface area contributed by atoms with Crippen molar-refractivity contribution in [3.63, 3.8) is 0 Å². The Kier molecular flexibility index (Phi) is 6.93. The van der Waals surface area contributed by atoms with E-state index < -0.39 is 6.03 Å². The zero-order valence-electron chi connectivity index (χ0n) is 11.7. The number of hydrogen-bond acceptors (Lipinski definition) is 2. The van der Waals surface area contributed by atoms with Crippen LogP contribution < -0.4 is 10.6 Å². The van der Waals surface area contributed by atoms with Gasteiger partial charge in [0, 0.05) is 19.3 Å². The highest BCUT2D eigenvalue weighted by Gasteiger charge is 2.10. The molecule has 0 bridgehead atoms. The van der Waals surface area contributed by atoms with Gasteiger partial charge in [0.25, 0.3) is 0 Å². The van der Waals surface area contributed by atoms with Gasteiger partial charge in [0.2, 0.25) is 0 Å². The first-order valence-corrected chi connectivity index (χ1v) is 5.89. The highest BCUT2D eigenvalue weighted by Crippen LogP contribution is 2.18. The molecule has 106 valence electrons. The van der Waals surface area contributed by atoms with E-state index in [1.807, 2.05) is 39.0 Å². The summed E-state index contributed by atoms with van der Waals surface area (Å²) < 4.78 is 0. The summed E-state index contributed by atoms with van der Waals surface area (Å²) in [7, 11) is 1.75. The number of anilines is 1. The van der Waals surface area contributed by atoms with Crippen LogP contribution in [0.4, 0.5) is 10.5 Å². The first kappa shape index (κ1) is 17.2. The molecular formula is C13H21ClN4O. The Bertz CT molecular complexity index is 442. The summed E-state index contributed by atoms with van der Waals surface area (Å²) in [6, 6.07) is 5.43. The van der Waals surface area contributed by atoms with Crippen molar-refractivity contribution in [1.29, 1.82) is 5.41 Å². The van der Waals surface area contributed by atoms with Gasteiger partial charge < -0.3 is 10.2 Å². The van der Waals surface area contributed by atoms with Gasteiger partial charge >= 0.3 is 6.03 Å². The number of guanidine groups is 1. The molecule has 0 aromatic heterocycles. The average Bonchev–Trinajstić information content (AvgIpc) is 2.32. The number of nitrogens with one attached hydrogen (secondary N) is 3. The predicted molar refractivity (Wildman–Crippen MR) is 81.3 cm³/mol. The van der Waals surface area contributed by atoms with Gasteiger partial charge in [-0.15, -0.1) is 12.4 Å². The highest BCUT2D eigenvalue weighted by atomic mass is 35.5. The smallest absolute Gasteiger partial charge is 0.326 e. The molecule has 0 aliphatic rings. The molecule has 0 aliphatic carbocycles. The Morgan fingerprint density at radius 2 is 1.84 bits per heavy atom. The van der Waals surface area contributed by atoms with Crippen molar-refractivity contribution in [2.75, 3.05) is 18.9 Å². The van der Waals surface area contributed by atoms with Crippen molar-refractivity contribution >= 4 is 30.1 Å². The van der Waals surface area contributed by atoms with Gasteiger partial charge in [-0.05, 0) is 31.9 Å². The molecule has 3 N–H and O–H groups in total. The third-order valence-electron chi connectivity index (χ3n) is 2.81. The van der Waals surface area contributed by atoms with E-state index in [0.717, 1.165) is 16.8 Å². The Hall–Kier alpha value is -1.75. The summed E-state index contributed by atoms with van der Waals surface area (Å²) in [5, 5.41) is 12.9. The molecule has 0 saturated carbocycles. The quantitative estimate of drug-likeness (QED) is 0.577. The van der Waals surface area contributed by atoms with E-state index in [0.29, 0.717) is 6.54 Å². The number of urea groups is 1. The number of para-hydroxylation sites is 1. The van der Waals surface area contributed by atoms with Crippen molar-refractivity contribution in [3.05, 3.63) is 29.3 Å². The van der Waals surface area contributed by atoms with E-state index in [2.05, 4.69) is 10.6 Å². The molecule has 2 amide bonds. The number of amides is 2. The lowest BCUT2D eigenvalue weighted by Gasteiger charge is -2.19. The molecule has 6 heteroatoms. The largest absolute Gasteiger partial charge is 0.346 e. The zero-order chi connectivity index (χ0) is 13.7. The van der Waals surface area contributed by atoms with Gasteiger partial charge in [-0.3, -0.25) is 10.7 Å². The maximum Gasteiger partial charge on any atom is 0.326 e. The Labute approximate surface area is 120 Å². The van der Waals surface area contributed by atoms with E-state index in [9.17, 15) is 4.79 Å². The van der Waals surface area contributed by atoms with E-state index in [-0.39, 0.29) is 18.4 Å². The normalized spacial score (nSPS) is 9.26. The second-order valence-electron chi connectivity index (χ2n) is 4.21. The monoisotopic (exact) mass is 284 g/mol. The van der Waals surface area contributed by atoms with Crippen LogP contribution in [-0.4, -0.2) is 30.5 Å². The minimum atomic E-state index is -0.391. The van der Waals surface area contributed by atoms with Crippen molar-refractivity contribution in [2.45, 2.75) is 20.8 Å². The van der Waals surface area contributed by atoms with E-state index in [4.69, 9.17) is 5.41 Å². The summed E-state index contributed by atoms with van der Waals surface area (Å²) in [6.07, 6.45) is 0. The summed E-state index contributed by atoms with van der Waals surface area (Å²) in [6.45, 7) is 6.46. The fourth-order valence-electron chi connectivity index (χ4n) is 1.52. The lowest BCUT2D eigenvalue weighted by atomic mass is 10.1. The molecule has 0 spiro atoms. The minimum Gasteiger partial charge on any atom is -0.346 e. The molecule has 1 aromatic rings. The summed E-state index contributed by atoms with van der Waals surface area (Å²) in [4.78, 5) is 13.4. The number of benzene rings is 1. The second-order valence-corrected chi connectivity index (χ2v) is 4.21. The SMILES string of the molecule is CCN(C)C(=N)NC(=O)Nc1c(C)cccc1C.Cl. The van der Waals surface area contributed by atoms with Crippen LogP contribution in [0.1, 0.15) is 18.1 Å². The molecule has 1 aromatic carbocycles. The van der Waals surface area contributed by atoms with Gasteiger partial charge in [0.15, 0.2) is 5.96 Å². The molecule has 19 heavy (non-hydrogen) atoms. The van der Waals surface area contributed by atoms with Gasteiger partial charge in [0.1, 0.15) is 0 Å².